The zero-order valence-electron chi connectivity index (χ0n) is 12.6. The fraction of sp³-hybridized carbons (Fsp3) is 0.438. The van der Waals surface area contributed by atoms with Gasteiger partial charge in [0.15, 0.2) is 5.79 Å². The van der Waals surface area contributed by atoms with Gasteiger partial charge in [0.2, 0.25) is 0 Å². The number of halogens is 1. The maximum atomic E-state index is 5.89. The van der Waals surface area contributed by atoms with Gasteiger partial charge in [-0.15, -0.1) is 12.4 Å². The number of nitrogens with zero attached hydrogens (tertiary/aromatic N) is 2. The van der Waals surface area contributed by atoms with Crippen molar-refractivity contribution in [3.63, 3.8) is 0 Å². The maximum Gasteiger partial charge on any atom is 0.186 e. The van der Waals surface area contributed by atoms with Crippen molar-refractivity contribution in [1.29, 1.82) is 0 Å². The Morgan fingerprint density at radius 2 is 1.95 bits per heavy atom. The number of hydrogen-bond acceptors (Lipinski definition) is 4. The van der Waals surface area contributed by atoms with E-state index in [0.717, 1.165) is 18.6 Å². The monoisotopic (exact) mass is 324 g/mol. The molecule has 0 amide bonds. The summed E-state index contributed by atoms with van der Waals surface area (Å²) in [5.74, 6) is 0.334. The van der Waals surface area contributed by atoms with Crippen molar-refractivity contribution in [3.05, 3.63) is 48.5 Å². The van der Waals surface area contributed by atoms with Crippen molar-refractivity contribution in [2.24, 2.45) is 0 Å². The second kappa shape index (κ2) is 7.63. The van der Waals surface area contributed by atoms with Crippen molar-refractivity contribution in [3.8, 4) is 5.75 Å². The van der Waals surface area contributed by atoms with E-state index >= 15 is 0 Å². The Morgan fingerprint density at radius 1 is 1.23 bits per heavy atom. The molecule has 5 nitrogen and oxygen atoms in total. The molecule has 0 aliphatic carbocycles. The van der Waals surface area contributed by atoms with E-state index in [-0.39, 0.29) is 12.4 Å². The molecule has 1 fully saturated rings. The minimum Gasteiger partial charge on any atom is -0.497 e. The number of rotatable bonds is 6. The van der Waals surface area contributed by atoms with E-state index in [0.29, 0.717) is 19.8 Å². The molecule has 1 aromatic carbocycles. The Labute approximate surface area is 136 Å². The van der Waals surface area contributed by atoms with Crippen LogP contribution in [0, 0.1) is 0 Å². The molecule has 0 bridgehead atoms. The molecule has 0 N–H and O–H groups in total. The molecule has 0 radical (unpaired) electrons. The Kier molecular flexibility index (Phi) is 5.83. The van der Waals surface area contributed by atoms with Crippen molar-refractivity contribution >= 4 is 12.4 Å². The zero-order chi connectivity index (χ0) is 14.5. The number of aromatic nitrogens is 2. The summed E-state index contributed by atoms with van der Waals surface area (Å²) in [4.78, 5) is 4.07. The first-order chi connectivity index (χ1) is 10.3. The molecule has 1 aromatic heterocycles. The Hall–Kier alpha value is -1.56. The average Bonchev–Trinajstić information content (AvgIpc) is 3.19. The van der Waals surface area contributed by atoms with E-state index in [9.17, 15) is 0 Å². The number of imidazole rings is 1. The molecule has 0 atom stereocenters. The van der Waals surface area contributed by atoms with Gasteiger partial charge in [0.1, 0.15) is 5.75 Å². The van der Waals surface area contributed by atoms with Crippen LogP contribution >= 0.6 is 12.4 Å². The second-order valence-corrected chi connectivity index (χ2v) is 5.19. The third-order valence-electron chi connectivity index (χ3n) is 3.75. The van der Waals surface area contributed by atoms with Gasteiger partial charge in [0.25, 0.3) is 0 Å². The smallest absolute Gasteiger partial charge is 0.186 e. The summed E-state index contributed by atoms with van der Waals surface area (Å²) >= 11 is 0. The van der Waals surface area contributed by atoms with Crippen LogP contribution in [0.1, 0.15) is 12.0 Å². The Balaban J connectivity index is 0.00000176. The number of hydrogen-bond donors (Lipinski definition) is 0. The van der Waals surface area contributed by atoms with E-state index < -0.39 is 5.79 Å². The first-order valence-electron chi connectivity index (χ1n) is 7.16. The number of benzene rings is 1. The lowest BCUT2D eigenvalue weighted by Gasteiger charge is -2.27. The Morgan fingerprint density at radius 3 is 2.55 bits per heavy atom. The molecule has 0 unspecified atom stereocenters. The van der Waals surface area contributed by atoms with E-state index in [1.165, 1.54) is 5.56 Å². The van der Waals surface area contributed by atoms with Gasteiger partial charge in [0, 0.05) is 18.8 Å². The standard InChI is InChI=1S/C16H20N2O3.ClH/c1-19-15-4-2-14(3-5-15)6-7-16(20-10-11-21-16)12-18-9-8-17-13-18;/h2-5,8-9,13H,6-7,10-12H2,1H3;1H. The van der Waals surface area contributed by atoms with Crippen molar-refractivity contribution in [1.82, 2.24) is 9.55 Å². The second-order valence-electron chi connectivity index (χ2n) is 5.19. The minimum atomic E-state index is -0.541. The molecule has 1 aliphatic heterocycles. The molecule has 6 heteroatoms. The lowest BCUT2D eigenvalue weighted by molar-refractivity contribution is -0.171. The summed E-state index contributed by atoms with van der Waals surface area (Å²) < 4.78 is 18.9. The molecule has 1 aliphatic rings. The molecule has 2 aromatic rings. The largest absolute Gasteiger partial charge is 0.497 e. The fourth-order valence-corrected chi connectivity index (χ4v) is 2.60. The van der Waals surface area contributed by atoms with Crippen LogP contribution < -0.4 is 4.74 Å². The summed E-state index contributed by atoms with van der Waals surface area (Å²) in [5, 5.41) is 0. The highest BCUT2D eigenvalue weighted by Gasteiger charge is 2.36. The summed E-state index contributed by atoms with van der Waals surface area (Å²) in [6, 6.07) is 8.12. The van der Waals surface area contributed by atoms with Gasteiger partial charge in [-0.3, -0.25) is 0 Å². The predicted octanol–water partition coefficient (Wildman–Crippen LogP) is 2.69. The average molecular weight is 325 g/mol. The molecule has 1 saturated heterocycles. The molecule has 22 heavy (non-hydrogen) atoms. The summed E-state index contributed by atoms with van der Waals surface area (Å²) in [7, 11) is 1.68. The summed E-state index contributed by atoms with van der Waals surface area (Å²) in [5.41, 5.74) is 1.25. The number of ether oxygens (including phenoxy) is 3. The highest BCUT2D eigenvalue weighted by Crippen LogP contribution is 2.27. The van der Waals surface area contributed by atoms with Gasteiger partial charge >= 0.3 is 0 Å². The first kappa shape index (κ1) is 16.8. The van der Waals surface area contributed by atoms with Crippen LogP contribution in [0.3, 0.4) is 0 Å². The molecule has 2 heterocycles. The third-order valence-corrected chi connectivity index (χ3v) is 3.75. The summed E-state index contributed by atoms with van der Waals surface area (Å²) in [6.07, 6.45) is 7.21. The lowest BCUT2D eigenvalue weighted by Crippen LogP contribution is -2.35. The quantitative estimate of drug-likeness (QED) is 0.819. The lowest BCUT2D eigenvalue weighted by atomic mass is 10.0. The molecular formula is C16H21ClN2O3. The van der Waals surface area contributed by atoms with Crippen LogP contribution in [0.4, 0.5) is 0 Å². The molecule has 120 valence electrons. The van der Waals surface area contributed by atoms with Crippen LogP contribution in [-0.4, -0.2) is 35.7 Å². The topological polar surface area (TPSA) is 45.5 Å². The van der Waals surface area contributed by atoms with Gasteiger partial charge in [-0.1, -0.05) is 12.1 Å². The zero-order valence-corrected chi connectivity index (χ0v) is 13.4. The van der Waals surface area contributed by atoms with Crippen LogP contribution in [-0.2, 0) is 22.4 Å². The molecule has 0 spiro atoms. The van der Waals surface area contributed by atoms with E-state index in [1.807, 2.05) is 22.9 Å². The fourth-order valence-electron chi connectivity index (χ4n) is 2.60. The summed E-state index contributed by atoms with van der Waals surface area (Å²) in [6.45, 7) is 1.97. The van der Waals surface area contributed by atoms with Crippen LogP contribution in [0.15, 0.2) is 43.0 Å². The van der Waals surface area contributed by atoms with Crippen LogP contribution in [0.25, 0.3) is 0 Å². The van der Waals surface area contributed by atoms with Crippen LogP contribution in [0.5, 0.6) is 5.75 Å². The van der Waals surface area contributed by atoms with E-state index in [2.05, 4.69) is 17.1 Å². The van der Waals surface area contributed by atoms with Crippen molar-refractivity contribution in [2.45, 2.75) is 25.2 Å². The van der Waals surface area contributed by atoms with Gasteiger partial charge in [0.05, 0.1) is 33.2 Å². The van der Waals surface area contributed by atoms with Crippen LogP contribution in [0.2, 0.25) is 0 Å². The van der Waals surface area contributed by atoms with Crippen molar-refractivity contribution < 1.29 is 14.2 Å². The van der Waals surface area contributed by atoms with Gasteiger partial charge in [-0.25, -0.2) is 4.98 Å². The minimum absolute atomic E-state index is 0. The van der Waals surface area contributed by atoms with Gasteiger partial charge in [-0.05, 0) is 24.1 Å². The van der Waals surface area contributed by atoms with E-state index in [1.54, 1.807) is 19.6 Å². The molecule has 0 saturated carbocycles. The third kappa shape index (κ3) is 4.00. The van der Waals surface area contributed by atoms with Gasteiger partial charge in [-0.2, -0.15) is 0 Å². The van der Waals surface area contributed by atoms with E-state index in [4.69, 9.17) is 14.2 Å². The normalized spacial score (nSPS) is 16.2. The molecular weight excluding hydrogens is 304 g/mol. The Bertz CT molecular complexity index is 551. The highest BCUT2D eigenvalue weighted by molar-refractivity contribution is 5.85. The maximum absolute atomic E-state index is 5.89. The van der Waals surface area contributed by atoms with Crippen molar-refractivity contribution in [2.75, 3.05) is 20.3 Å². The highest BCUT2D eigenvalue weighted by atomic mass is 35.5. The number of methoxy groups -OCH3 is 1. The molecule has 3 rings (SSSR count). The first-order valence-corrected chi connectivity index (χ1v) is 7.16. The predicted molar refractivity (Wildman–Crippen MR) is 85.4 cm³/mol. The SMILES string of the molecule is COc1ccc(CCC2(Cn3ccnc3)OCCO2)cc1.Cl. The van der Waals surface area contributed by atoms with Gasteiger partial charge < -0.3 is 18.8 Å². The number of aryl methyl sites for hydroxylation is 1.